The minimum absolute atomic E-state index is 0.784. The van der Waals surface area contributed by atoms with E-state index in [1.165, 1.54) is 16.6 Å². The minimum Gasteiger partial charge on any atom is -0.358 e. The van der Waals surface area contributed by atoms with Crippen molar-refractivity contribution in [2.45, 2.75) is 27.2 Å². The molecule has 0 radical (unpaired) electrons. The molecule has 0 spiro atoms. The van der Waals surface area contributed by atoms with E-state index >= 15 is 0 Å². The molecule has 1 aromatic carbocycles. The zero-order chi connectivity index (χ0) is 11.0. The van der Waals surface area contributed by atoms with E-state index in [4.69, 9.17) is 0 Å². The van der Waals surface area contributed by atoms with E-state index in [1.807, 2.05) is 19.1 Å². The molecule has 0 aliphatic rings. The SMILES string of the molecule is CCc1[nH]c2cc(C)c(C=O)cc2c1C. The van der Waals surface area contributed by atoms with E-state index in [2.05, 4.69) is 18.8 Å². The Balaban J connectivity index is 2.79. The fraction of sp³-hybridized carbons (Fsp3) is 0.308. The van der Waals surface area contributed by atoms with Crippen molar-refractivity contribution in [1.82, 2.24) is 4.98 Å². The highest BCUT2D eigenvalue weighted by Crippen LogP contribution is 2.24. The molecule has 1 heterocycles. The molecule has 0 aliphatic carbocycles. The lowest BCUT2D eigenvalue weighted by Crippen LogP contribution is -1.85. The summed E-state index contributed by atoms with van der Waals surface area (Å²) in [5.41, 5.74) is 5.46. The summed E-state index contributed by atoms with van der Waals surface area (Å²) in [6, 6.07) is 4.02. The second kappa shape index (κ2) is 3.54. The number of hydrogen-bond donors (Lipinski definition) is 1. The number of nitrogens with one attached hydrogen (secondary N) is 1. The number of hydrogen-bond acceptors (Lipinski definition) is 1. The zero-order valence-electron chi connectivity index (χ0n) is 9.35. The van der Waals surface area contributed by atoms with Crippen LogP contribution in [0.3, 0.4) is 0 Å². The first kappa shape index (κ1) is 9.97. The van der Waals surface area contributed by atoms with Crippen molar-refractivity contribution in [3.8, 4) is 0 Å². The average molecular weight is 201 g/mol. The number of H-pyrrole nitrogens is 1. The van der Waals surface area contributed by atoms with Crippen LogP contribution >= 0.6 is 0 Å². The maximum Gasteiger partial charge on any atom is 0.150 e. The standard InChI is InChI=1S/C13H15NO/c1-4-12-9(3)11-6-10(7-15)8(2)5-13(11)14-12/h5-7,14H,4H2,1-3H3. The zero-order valence-corrected chi connectivity index (χ0v) is 9.35. The van der Waals surface area contributed by atoms with Crippen LogP contribution in [-0.2, 0) is 6.42 Å². The van der Waals surface area contributed by atoms with Crippen LogP contribution in [0.4, 0.5) is 0 Å². The van der Waals surface area contributed by atoms with Gasteiger partial charge in [0.25, 0.3) is 0 Å². The highest BCUT2D eigenvalue weighted by Gasteiger charge is 2.08. The Morgan fingerprint density at radius 1 is 1.33 bits per heavy atom. The largest absolute Gasteiger partial charge is 0.358 e. The van der Waals surface area contributed by atoms with Crippen LogP contribution in [0.25, 0.3) is 10.9 Å². The van der Waals surface area contributed by atoms with Gasteiger partial charge in [-0.2, -0.15) is 0 Å². The molecule has 2 rings (SSSR count). The lowest BCUT2D eigenvalue weighted by molar-refractivity contribution is 0.112. The Labute approximate surface area is 89.3 Å². The summed E-state index contributed by atoms with van der Waals surface area (Å²) >= 11 is 0. The van der Waals surface area contributed by atoms with E-state index in [-0.39, 0.29) is 0 Å². The molecule has 15 heavy (non-hydrogen) atoms. The van der Waals surface area contributed by atoms with Crippen LogP contribution in [0.1, 0.15) is 34.1 Å². The highest BCUT2D eigenvalue weighted by molar-refractivity contribution is 5.91. The predicted molar refractivity (Wildman–Crippen MR) is 62.5 cm³/mol. The molecule has 0 fully saturated rings. The highest BCUT2D eigenvalue weighted by atomic mass is 16.1. The molecular weight excluding hydrogens is 186 g/mol. The number of fused-ring (bicyclic) bond motifs is 1. The van der Waals surface area contributed by atoms with Crippen molar-refractivity contribution in [2.24, 2.45) is 0 Å². The Hall–Kier alpha value is -1.57. The van der Waals surface area contributed by atoms with Gasteiger partial charge in [-0.25, -0.2) is 0 Å². The number of aldehydes is 1. The number of benzene rings is 1. The maximum absolute atomic E-state index is 10.8. The number of aryl methyl sites for hydroxylation is 3. The first-order valence-electron chi connectivity index (χ1n) is 5.24. The number of carbonyl (C=O) groups excluding carboxylic acids is 1. The van der Waals surface area contributed by atoms with Crippen LogP contribution < -0.4 is 0 Å². The van der Waals surface area contributed by atoms with Crippen LogP contribution in [-0.4, -0.2) is 11.3 Å². The van der Waals surface area contributed by atoms with Crippen molar-refractivity contribution in [1.29, 1.82) is 0 Å². The van der Waals surface area contributed by atoms with Gasteiger partial charge in [-0.15, -0.1) is 0 Å². The van der Waals surface area contributed by atoms with Gasteiger partial charge in [0.2, 0.25) is 0 Å². The minimum atomic E-state index is 0.784. The normalized spacial score (nSPS) is 10.9. The third-order valence-electron chi connectivity index (χ3n) is 3.03. The van der Waals surface area contributed by atoms with Gasteiger partial charge >= 0.3 is 0 Å². The van der Waals surface area contributed by atoms with E-state index in [0.29, 0.717) is 0 Å². The van der Waals surface area contributed by atoms with Crippen molar-refractivity contribution in [2.75, 3.05) is 0 Å². The van der Waals surface area contributed by atoms with Gasteiger partial charge in [0.05, 0.1) is 0 Å². The molecule has 78 valence electrons. The molecule has 0 amide bonds. The summed E-state index contributed by atoms with van der Waals surface area (Å²) in [6.45, 7) is 6.19. The number of rotatable bonds is 2. The number of aromatic nitrogens is 1. The van der Waals surface area contributed by atoms with Gasteiger partial charge in [0.1, 0.15) is 6.29 Å². The third-order valence-corrected chi connectivity index (χ3v) is 3.03. The van der Waals surface area contributed by atoms with Gasteiger partial charge in [0.15, 0.2) is 0 Å². The fourth-order valence-electron chi connectivity index (χ4n) is 2.04. The van der Waals surface area contributed by atoms with Crippen LogP contribution in [0, 0.1) is 13.8 Å². The summed E-state index contributed by atoms with van der Waals surface area (Å²) in [5.74, 6) is 0. The Morgan fingerprint density at radius 2 is 2.07 bits per heavy atom. The molecule has 1 aromatic heterocycles. The molecule has 2 heteroatoms. The molecule has 0 atom stereocenters. The van der Waals surface area contributed by atoms with Gasteiger partial charge in [-0.05, 0) is 43.5 Å². The van der Waals surface area contributed by atoms with Gasteiger partial charge in [-0.1, -0.05) is 6.92 Å². The smallest absolute Gasteiger partial charge is 0.150 e. The average Bonchev–Trinajstić information content (AvgIpc) is 2.54. The monoisotopic (exact) mass is 201 g/mol. The van der Waals surface area contributed by atoms with Crippen molar-refractivity contribution in [3.63, 3.8) is 0 Å². The molecule has 0 saturated carbocycles. The molecule has 2 aromatic rings. The summed E-state index contributed by atoms with van der Waals surface area (Å²) in [7, 11) is 0. The molecule has 0 unspecified atom stereocenters. The van der Waals surface area contributed by atoms with Gasteiger partial charge in [0, 0.05) is 22.2 Å². The summed E-state index contributed by atoms with van der Waals surface area (Å²) in [6.07, 6.45) is 1.92. The maximum atomic E-state index is 10.8. The second-order valence-corrected chi connectivity index (χ2v) is 3.95. The van der Waals surface area contributed by atoms with E-state index in [0.717, 1.165) is 29.4 Å². The van der Waals surface area contributed by atoms with E-state index < -0.39 is 0 Å². The van der Waals surface area contributed by atoms with E-state index in [1.54, 1.807) is 0 Å². The van der Waals surface area contributed by atoms with Crippen molar-refractivity contribution < 1.29 is 4.79 Å². The Kier molecular flexibility index (Phi) is 2.35. The lowest BCUT2D eigenvalue weighted by Gasteiger charge is -1.98. The lowest BCUT2D eigenvalue weighted by atomic mass is 10.0. The molecule has 0 aliphatic heterocycles. The third kappa shape index (κ3) is 1.46. The topological polar surface area (TPSA) is 32.9 Å². The van der Waals surface area contributed by atoms with Gasteiger partial charge in [-0.3, -0.25) is 4.79 Å². The van der Waals surface area contributed by atoms with E-state index in [9.17, 15) is 4.79 Å². The Morgan fingerprint density at radius 3 is 2.67 bits per heavy atom. The van der Waals surface area contributed by atoms with Crippen LogP contribution in [0.5, 0.6) is 0 Å². The molecule has 2 nitrogen and oxygen atoms in total. The fourth-order valence-corrected chi connectivity index (χ4v) is 2.04. The van der Waals surface area contributed by atoms with Crippen molar-refractivity contribution in [3.05, 3.63) is 34.5 Å². The summed E-state index contributed by atoms with van der Waals surface area (Å²) in [5, 5.41) is 1.17. The van der Waals surface area contributed by atoms with Crippen LogP contribution in [0.2, 0.25) is 0 Å². The molecule has 0 saturated heterocycles. The van der Waals surface area contributed by atoms with Crippen molar-refractivity contribution >= 4 is 17.2 Å². The summed E-state index contributed by atoms with van der Waals surface area (Å²) < 4.78 is 0. The molecule has 1 N–H and O–H groups in total. The first-order valence-corrected chi connectivity index (χ1v) is 5.24. The summed E-state index contributed by atoms with van der Waals surface area (Å²) in [4.78, 5) is 14.2. The first-order chi connectivity index (χ1) is 7.17. The molecular formula is C13H15NO. The Bertz CT molecular complexity index is 523. The predicted octanol–water partition coefficient (Wildman–Crippen LogP) is 3.16. The van der Waals surface area contributed by atoms with Crippen LogP contribution in [0.15, 0.2) is 12.1 Å². The van der Waals surface area contributed by atoms with Gasteiger partial charge < -0.3 is 4.98 Å². The second-order valence-electron chi connectivity index (χ2n) is 3.95. The quantitative estimate of drug-likeness (QED) is 0.744. The number of carbonyl (C=O) groups is 1. The number of aromatic amines is 1. The molecule has 0 bridgehead atoms.